The summed E-state index contributed by atoms with van der Waals surface area (Å²) in [6.07, 6.45) is 0.522. The number of benzene rings is 2. The van der Waals surface area contributed by atoms with Gasteiger partial charge in [0.05, 0.1) is 16.1 Å². The van der Waals surface area contributed by atoms with Crippen LogP contribution in [0.25, 0.3) is 5.69 Å². The molecule has 0 spiro atoms. The van der Waals surface area contributed by atoms with Crippen molar-refractivity contribution in [2.75, 3.05) is 7.05 Å². The van der Waals surface area contributed by atoms with Gasteiger partial charge in [-0.1, -0.05) is 54.4 Å². The zero-order chi connectivity index (χ0) is 20.4. The molecule has 0 saturated carbocycles. The first-order valence-corrected chi connectivity index (χ1v) is 9.52. The standard InChI is InChI=1S/C20H19Cl2FN4O/c1-4-17-24-19(25-27(17)18-14(21)9-7-10-15(18)22)20(28)26(3)12(2)13-8-5-6-11-16(13)23/h5-12H,4H2,1-3H3. The van der Waals surface area contributed by atoms with Gasteiger partial charge in [0.2, 0.25) is 5.82 Å². The van der Waals surface area contributed by atoms with Crippen molar-refractivity contribution < 1.29 is 9.18 Å². The van der Waals surface area contributed by atoms with Crippen LogP contribution in [0.2, 0.25) is 10.0 Å². The fourth-order valence-corrected chi connectivity index (χ4v) is 3.45. The maximum Gasteiger partial charge on any atom is 0.293 e. The molecule has 1 heterocycles. The van der Waals surface area contributed by atoms with Crippen molar-refractivity contribution in [1.82, 2.24) is 19.7 Å². The van der Waals surface area contributed by atoms with Crippen LogP contribution in [-0.4, -0.2) is 32.6 Å². The minimum atomic E-state index is -0.491. The van der Waals surface area contributed by atoms with Gasteiger partial charge in [0, 0.05) is 19.0 Å². The lowest BCUT2D eigenvalue weighted by molar-refractivity contribution is 0.0728. The van der Waals surface area contributed by atoms with E-state index in [1.165, 1.54) is 15.6 Å². The van der Waals surface area contributed by atoms with E-state index >= 15 is 0 Å². The van der Waals surface area contributed by atoms with Crippen molar-refractivity contribution in [3.05, 3.63) is 75.5 Å². The molecular formula is C20H19Cl2FN4O. The molecule has 0 aliphatic heterocycles. The molecule has 0 saturated heterocycles. The Bertz CT molecular complexity index is 1000. The summed E-state index contributed by atoms with van der Waals surface area (Å²) < 4.78 is 15.6. The largest absolute Gasteiger partial charge is 0.332 e. The molecule has 0 fully saturated rings. The smallest absolute Gasteiger partial charge is 0.293 e. The zero-order valence-electron chi connectivity index (χ0n) is 15.7. The summed E-state index contributed by atoms with van der Waals surface area (Å²) in [6.45, 7) is 3.64. The Morgan fingerprint density at radius 2 is 1.82 bits per heavy atom. The van der Waals surface area contributed by atoms with Crippen LogP contribution in [-0.2, 0) is 6.42 Å². The predicted molar refractivity (Wildman–Crippen MR) is 108 cm³/mol. The van der Waals surface area contributed by atoms with Crippen molar-refractivity contribution in [2.45, 2.75) is 26.3 Å². The van der Waals surface area contributed by atoms with E-state index in [9.17, 15) is 9.18 Å². The highest BCUT2D eigenvalue weighted by Crippen LogP contribution is 2.29. The molecule has 0 aliphatic carbocycles. The van der Waals surface area contributed by atoms with Crippen molar-refractivity contribution >= 4 is 29.1 Å². The molecule has 3 aromatic rings. The summed E-state index contributed by atoms with van der Waals surface area (Å²) in [5.74, 6) is -0.249. The Morgan fingerprint density at radius 3 is 2.43 bits per heavy atom. The van der Waals surface area contributed by atoms with Crippen molar-refractivity contribution in [3.63, 3.8) is 0 Å². The predicted octanol–water partition coefficient (Wildman–Crippen LogP) is 5.11. The van der Waals surface area contributed by atoms with Crippen molar-refractivity contribution in [2.24, 2.45) is 0 Å². The SMILES string of the molecule is CCc1nc(C(=O)N(C)C(C)c2ccccc2F)nn1-c1c(Cl)cccc1Cl. The summed E-state index contributed by atoms with van der Waals surface area (Å²) in [5.41, 5.74) is 0.890. The number of rotatable bonds is 5. The maximum absolute atomic E-state index is 14.1. The van der Waals surface area contributed by atoms with Gasteiger partial charge in [0.1, 0.15) is 17.3 Å². The van der Waals surface area contributed by atoms with E-state index in [-0.39, 0.29) is 11.6 Å². The number of halogens is 3. The minimum Gasteiger partial charge on any atom is -0.332 e. The van der Waals surface area contributed by atoms with Crippen LogP contribution in [0.4, 0.5) is 4.39 Å². The van der Waals surface area contributed by atoms with Gasteiger partial charge in [0.25, 0.3) is 5.91 Å². The van der Waals surface area contributed by atoms with Crippen LogP contribution in [0.15, 0.2) is 42.5 Å². The van der Waals surface area contributed by atoms with E-state index in [0.717, 1.165) is 0 Å². The minimum absolute atomic E-state index is 0.00137. The van der Waals surface area contributed by atoms with Crippen LogP contribution < -0.4 is 0 Å². The number of nitrogens with zero attached hydrogens (tertiary/aromatic N) is 4. The summed E-state index contributed by atoms with van der Waals surface area (Å²) >= 11 is 12.6. The third-order valence-corrected chi connectivity index (χ3v) is 5.20. The number of carbonyl (C=O) groups excluding carboxylic acids is 1. The molecule has 28 heavy (non-hydrogen) atoms. The topological polar surface area (TPSA) is 51.0 Å². The fourth-order valence-electron chi connectivity index (χ4n) is 2.89. The number of aryl methyl sites for hydroxylation is 1. The van der Waals surface area contributed by atoms with Gasteiger partial charge in [-0.15, -0.1) is 5.10 Å². The van der Waals surface area contributed by atoms with E-state index in [2.05, 4.69) is 10.1 Å². The van der Waals surface area contributed by atoms with E-state index < -0.39 is 11.9 Å². The highest BCUT2D eigenvalue weighted by molar-refractivity contribution is 6.37. The summed E-state index contributed by atoms with van der Waals surface area (Å²) in [7, 11) is 1.59. The third kappa shape index (κ3) is 3.75. The van der Waals surface area contributed by atoms with Gasteiger partial charge in [-0.3, -0.25) is 4.79 Å². The molecule has 146 valence electrons. The average molecular weight is 421 g/mol. The van der Waals surface area contributed by atoms with E-state index in [4.69, 9.17) is 23.2 Å². The second kappa shape index (κ2) is 8.29. The average Bonchev–Trinajstić information content (AvgIpc) is 3.10. The quantitative estimate of drug-likeness (QED) is 0.576. The molecule has 1 aromatic heterocycles. The Morgan fingerprint density at radius 1 is 1.18 bits per heavy atom. The van der Waals surface area contributed by atoms with Gasteiger partial charge in [-0.05, 0) is 25.1 Å². The second-order valence-corrected chi connectivity index (χ2v) is 7.12. The third-order valence-electron chi connectivity index (χ3n) is 4.59. The molecule has 2 aromatic carbocycles. The van der Waals surface area contributed by atoms with Crippen LogP contribution >= 0.6 is 23.2 Å². The number of amides is 1. The van der Waals surface area contributed by atoms with E-state index in [1.807, 2.05) is 6.92 Å². The maximum atomic E-state index is 14.1. The van der Waals surface area contributed by atoms with Crippen LogP contribution in [0.5, 0.6) is 0 Å². The summed E-state index contributed by atoms with van der Waals surface area (Å²) in [5, 5.41) is 5.15. The molecule has 0 aliphatic rings. The Hall–Kier alpha value is -2.44. The van der Waals surface area contributed by atoms with Gasteiger partial charge in [-0.2, -0.15) is 0 Å². The molecule has 5 nitrogen and oxygen atoms in total. The highest BCUT2D eigenvalue weighted by Gasteiger charge is 2.26. The van der Waals surface area contributed by atoms with E-state index in [1.54, 1.807) is 50.4 Å². The monoisotopic (exact) mass is 420 g/mol. The molecule has 3 rings (SSSR count). The van der Waals surface area contributed by atoms with Gasteiger partial charge >= 0.3 is 0 Å². The van der Waals surface area contributed by atoms with Crippen molar-refractivity contribution in [3.8, 4) is 5.69 Å². The Labute approximate surface area is 172 Å². The van der Waals surface area contributed by atoms with E-state index in [0.29, 0.717) is 33.5 Å². The number of hydrogen-bond donors (Lipinski definition) is 0. The Balaban J connectivity index is 1.97. The number of hydrogen-bond acceptors (Lipinski definition) is 3. The Kier molecular flexibility index (Phi) is 6.01. The first-order chi connectivity index (χ1) is 13.3. The van der Waals surface area contributed by atoms with Gasteiger partial charge in [0.15, 0.2) is 0 Å². The lowest BCUT2D eigenvalue weighted by Gasteiger charge is -2.24. The molecule has 1 amide bonds. The summed E-state index contributed by atoms with van der Waals surface area (Å²) in [6, 6.07) is 11.0. The highest BCUT2D eigenvalue weighted by atomic mass is 35.5. The first-order valence-electron chi connectivity index (χ1n) is 8.77. The molecule has 1 unspecified atom stereocenters. The van der Waals surface area contributed by atoms with Crippen LogP contribution in [0, 0.1) is 5.82 Å². The molecule has 0 bridgehead atoms. The number of aromatic nitrogens is 3. The number of para-hydroxylation sites is 1. The molecule has 1 atom stereocenters. The molecular weight excluding hydrogens is 402 g/mol. The zero-order valence-corrected chi connectivity index (χ0v) is 17.2. The summed E-state index contributed by atoms with van der Waals surface area (Å²) in [4.78, 5) is 18.7. The molecule has 0 radical (unpaired) electrons. The molecule has 8 heteroatoms. The van der Waals surface area contributed by atoms with Crippen LogP contribution in [0.3, 0.4) is 0 Å². The van der Waals surface area contributed by atoms with Gasteiger partial charge in [-0.25, -0.2) is 14.1 Å². The normalized spacial score (nSPS) is 12.1. The first kappa shape index (κ1) is 20.3. The van der Waals surface area contributed by atoms with Crippen LogP contribution in [0.1, 0.15) is 41.9 Å². The second-order valence-electron chi connectivity index (χ2n) is 6.30. The fraction of sp³-hybridized carbons (Fsp3) is 0.250. The lowest BCUT2D eigenvalue weighted by Crippen LogP contribution is -2.31. The van der Waals surface area contributed by atoms with Gasteiger partial charge < -0.3 is 4.90 Å². The lowest BCUT2D eigenvalue weighted by atomic mass is 10.1. The molecule has 0 N–H and O–H groups in total. The van der Waals surface area contributed by atoms with Crippen molar-refractivity contribution in [1.29, 1.82) is 0 Å². The number of carbonyl (C=O) groups is 1.